The second-order valence-corrected chi connectivity index (χ2v) is 4.90. The maximum absolute atomic E-state index is 9.05. The number of hydrogen-bond donors (Lipinski definition) is 0. The molecule has 0 bridgehead atoms. The number of rotatable bonds is 0. The molecule has 0 spiro atoms. The molecule has 1 aliphatic rings. The quantitative estimate of drug-likeness (QED) is 0.515. The summed E-state index contributed by atoms with van der Waals surface area (Å²) in [4.78, 5) is 6.39. The van der Waals surface area contributed by atoms with Gasteiger partial charge in [0.2, 0.25) is 0 Å². The fourth-order valence-corrected chi connectivity index (χ4v) is 2.48. The van der Waals surface area contributed by atoms with Crippen molar-refractivity contribution in [1.29, 1.82) is 10.5 Å². The van der Waals surface area contributed by atoms with Gasteiger partial charge in [-0.15, -0.1) is 0 Å². The van der Waals surface area contributed by atoms with Gasteiger partial charge in [0.25, 0.3) is 11.4 Å². The predicted octanol–water partition coefficient (Wildman–Crippen LogP) is 4.71. The molecule has 1 aliphatic carbocycles. The smallest absolute Gasteiger partial charge is 0.226 e. The summed E-state index contributed by atoms with van der Waals surface area (Å²) in [6.45, 7) is 14.1. The molecular formula is C15H4Cl2N4. The van der Waals surface area contributed by atoms with E-state index in [9.17, 15) is 0 Å². The van der Waals surface area contributed by atoms with E-state index in [2.05, 4.69) is 9.69 Å². The van der Waals surface area contributed by atoms with E-state index in [1.165, 1.54) is 0 Å². The lowest BCUT2D eigenvalue weighted by atomic mass is 10.1. The number of halogens is 2. The lowest BCUT2D eigenvalue weighted by Gasteiger charge is -2.04. The summed E-state index contributed by atoms with van der Waals surface area (Å²) >= 11 is 12.0. The number of fused-ring (bicyclic) bond motifs is 1. The fourth-order valence-electron chi connectivity index (χ4n) is 2.16. The summed E-state index contributed by atoms with van der Waals surface area (Å²) in [6, 6.07) is 6.78. The topological polar surface area (TPSA) is 56.3 Å². The first-order valence-corrected chi connectivity index (χ1v) is 6.34. The van der Waals surface area contributed by atoms with Gasteiger partial charge in [0, 0.05) is 0 Å². The lowest BCUT2D eigenvalue weighted by Crippen LogP contribution is -1.85. The summed E-state index contributed by atoms with van der Waals surface area (Å²) in [5, 5.41) is 18.7. The van der Waals surface area contributed by atoms with Crippen LogP contribution in [-0.4, -0.2) is 0 Å². The molecule has 0 aliphatic heterocycles. The highest BCUT2D eigenvalue weighted by Crippen LogP contribution is 2.46. The van der Waals surface area contributed by atoms with Crippen molar-refractivity contribution in [2.24, 2.45) is 0 Å². The second-order valence-electron chi connectivity index (χ2n) is 4.09. The summed E-state index contributed by atoms with van der Waals surface area (Å²) in [5.41, 5.74) is 1.92. The average Bonchev–Trinajstić information content (AvgIpc) is 2.82. The van der Waals surface area contributed by atoms with Crippen LogP contribution in [0.5, 0.6) is 0 Å². The predicted molar refractivity (Wildman–Crippen MR) is 79.3 cm³/mol. The Bertz CT molecular complexity index is 775. The molecule has 1 aromatic carbocycles. The Morgan fingerprint density at radius 1 is 0.952 bits per heavy atom. The molecule has 0 amide bonds. The van der Waals surface area contributed by atoms with E-state index in [-0.39, 0.29) is 27.9 Å². The number of allylic oxidation sites excluding steroid dienone is 4. The number of nitrogens with zero attached hydrogens (tertiary/aromatic N) is 4. The molecule has 21 heavy (non-hydrogen) atoms. The minimum atomic E-state index is -0.0769. The van der Waals surface area contributed by atoms with Crippen LogP contribution < -0.4 is 0 Å². The summed E-state index contributed by atoms with van der Waals surface area (Å²) in [6.07, 6.45) is 0.169. The van der Waals surface area contributed by atoms with Gasteiger partial charge in [0.15, 0.2) is 0 Å². The minimum Gasteiger partial charge on any atom is -0.226 e. The minimum absolute atomic E-state index is 0.0769. The Balaban J connectivity index is 2.91. The zero-order chi connectivity index (χ0) is 15.6. The summed E-state index contributed by atoms with van der Waals surface area (Å²) < 4.78 is 0. The molecule has 1 aromatic rings. The van der Waals surface area contributed by atoms with Crippen LogP contribution in [0.15, 0.2) is 23.5 Å². The van der Waals surface area contributed by atoms with Gasteiger partial charge < -0.3 is 0 Å². The first kappa shape index (κ1) is 14.6. The van der Waals surface area contributed by atoms with E-state index in [0.717, 1.165) is 0 Å². The van der Waals surface area contributed by atoms with Gasteiger partial charge in [-0.25, -0.2) is 20.2 Å². The van der Waals surface area contributed by atoms with Gasteiger partial charge in [0.1, 0.15) is 0 Å². The molecule has 4 nitrogen and oxygen atoms in total. The standard InChI is InChI=1S/C15H4Cl2N4/c1-20-14(6-18)10-3-11(15(7-19)21-2)9-5-13(17)12(16)4-8(9)10/h4-5H,3H2/b14-10-,15-11-. The molecule has 0 saturated carbocycles. The van der Waals surface area contributed by atoms with Crippen molar-refractivity contribution in [1.82, 2.24) is 0 Å². The third-order valence-corrected chi connectivity index (χ3v) is 3.79. The van der Waals surface area contributed by atoms with E-state index in [1.807, 2.05) is 12.1 Å². The maximum Gasteiger partial charge on any atom is 0.265 e. The third kappa shape index (κ3) is 2.35. The first-order chi connectivity index (χ1) is 10.1. The SMILES string of the molecule is [C-]#[N+]/C(C#N)=C1/C/C(=C(\C#N)[N+]#[C-])c2cc(Cl)c(Cl)cc21. The van der Waals surface area contributed by atoms with Crippen LogP contribution in [0.2, 0.25) is 10.0 Å². The Morgan fingerprint density at radius 3 is 1.62 bits per heavy atom. The molecule has 0 N–H and O–H groups in total. The largest absolute Gasteiger partial charge is 0.265 e. The summed E-state index contributed by atoms with van der Waals surface area (Å²) in [5.74, 6) is 0. The maximum atomic E-state index is 9.05. The van der Waals surface area contributed by atoms with Crippen LogP contribution in [-0.2, 0) is 0 Å². The molecule has 0 heterocycles. The van der Waals surface area contributed by atoms with Crippen LogP contribution in [0, 0.1) is 35.8 Å². The number of hydrogen-bond acceptors (Lipinski definition) is 2. The van der Waals surface area contributed by atoms with Crippen LogP contribution in [0.3, 0.4) is 0 Å². The second kappa shape index (κ2) is 5.70. The Labute approximate surface area is 131 Å². The zero-order valence-electron chi connectivity index (χ0n) is 10.4. The molecule has 0 radical (unpaired) electrons. The van der Waals surface area contributed by atoms with Gasteiger partial charge in [-0.05, 0) is 40.8 Å². The molecule has 6 heteroatoms. The molecule has 0 saturated heterocycles. The Hall–Kier alpha value is -2.76. The molecule has 0 unspecified atom stereocenters. The van der Waals surface area contributed by atoms with Crippen molar-refractivity contribution < 1.29 is 0 Å². The van der Waals surface area contributed by atoms with Crippen molar-refractivity contribution in [3.8, 4) is 12.1 Å². The van der Waals surface area contributed by atoms with Gasteiger partial charge in [-0.3, -0.25) is 0 Å². The molecular weight excluding hydrogens is 307 g/mol. The highest BCUT2D eigenvalue weighted by molar-refractivity contribution is 6.42. The van der Waals surface area contributed by atoms with E-state index in [1.54, 1.807) is 12.1 Å². The van der Waals surface area contributed by atoms with Gasteiger partial charge in [0.05, 0.1) is 35.3 Å². The molecule has 0 atom stereocenters. The molecule has 0 aromatic heterocycles. The molecule has 0 fully saturated rings. The lowest BCUT2D eigenvalue weighted by molar-refractivity contribution is 1.42. The van der Waals surface area contributed by atoms with Crippen molar-refractivity contribution >= 4 is 34.3 Å². The molecule has 2 rings (SSSR count). The van der Waals surface area contributed by atoms with Crippen molar-refractivity contribution in [3.63, 3.8) is 0 Å². The van der Waals surface area contributed by atoms with Crippen LogP contribution in [0.1, 0.15) is 17.5 Å². The summed E-state index contributed by atoms with van der Waals surface area (Å²) in [7, 11) is 0. The zero-order valence-corrected chi connectivity index (χ0v) is 11.9. The normalized spacial score (nSPS) is 16.9. The van der Waals surface area contributed by atoms with Crippen LogP contribution in [0.4, 0.5) is 0 Å². The Morgan fingerprint density at radius 2 is 1.33 bits per heavy atom. The van der Waals surface area contributed by atoms with Crippen molar-refractivity contribution in [2.75, 3.05) is 0 Å². The van der Waals surface area contributed by atoms with E-state index >= 15 is 0 Å². The van der Waals surface area contributed by atoms with Crippen molar-refractivity contribution in [2.45, 2.75) is 6.42 Å². The number of benzene rings is 1. The van der Waals surface area contributed by atoms with Crippen molar-refractivity contribution in [3.05, 3.63) is 67.5 Å². The van der Waals surface area contributed by atoms with E-state index in [0.29, 0.717) is 22.3 Å². The van der Waals surface area contributed by atoms with E-state index in [4.69, 9.17) is 46.9 Å². The van der Waals surface area contributed by atoms with E-state index < -0.39 is 0 Å². The first-order valence-electron chi connectivity index (χ1n) is 5.58. The Kier molecular flexibility index (Phi) is 3.98. The number of nitriles is 2. The highest BCUT2D eigenvalue weighted by Gasteiger charge is 2.28. The van der Waals surface area contributed by atoms with Gasteiger partial charge in [-0.1, -0.05) is 23.2 Å². The van der Waals surface area contributed by atoms with Gasteiger partial charge >= 0.3 is 0 Å². The highest BCUT2D eigenvalue weighted by atomic mass is 35.5. The van der Waals surface area contributed by atoms with Crippen LogP contribution in [0.25, 0.3) is 20.8 Å². The monoisotopic (exact) mass is 310 g/mol. The van der Waals surface area contributed by atoms with Crippen LogP contribution >= 0.6 is 23.2 Å². The fraction of sp³-hybridized carbons (Fsp3) is 0.0667. The average molecular weight is 311 g/mol. The molecule has 98 valence electrons. The van der Waals surface area contributed by atoms with Gasteiger partial charge in [-0.2, -0.15) is 0 Å². The third-order valence-electron chi connectivity index (χ3n) is 3.07.